The number of aliphatic hydroxyl groups excluding tert-OH is 1. The van der Waals surface area contributed by atoms with Crippen molar-refractivity contribution in [3.63, 3.8) is 0 Å². The predicted molar refractivity (Wildman–Crippen MR) is 72.0 cm³/mol. The molecule has 1 fully saturated rings. The molecule has 0 spiro atoms. The van der Waals surface area contributed by atoms with Gasteiger partial charge in [-0.3, -0.25) is 0 Å². The van der Waals surface area contributed by atoms with Gasteiger partial charge in [-0.25, -0.2) is 0 Å². The topological polar surface area (TPSA) is 35.5 Å². The Morgan fingerprint density at radius 1 is 1.11 bits per heavy atom. The van der Waals surface area contributed by atoms with Crippen LogP contribution in [0.5, 0.6) is 0 Å². The molecule has 0 aliphatic carbocycles. The van der Waals surface area contributed by atoms with Gasteiger partial charge in [0.25, 0.3) is 0 Å². The zero-order valence-corrected chi connectivity index (χ0v) is 10.6. The Balaban J connectivity index is 1.86. The van der Waals surface area contributed by atoms with Gasteiger partial charge in [0.2, 0.25) is 0 Å². The van der Waals surface area contributed by atoms with E-state index in [1.54, 1.807) is 0 Å². The van der Waals surface area contributed by atoms with Crippen LogP contribution in [0.3, 0.4) is 0 Å². The average Bonchev–Trinajstić information content (AvgIpc) is 2.57. The molecule has 1 saturated heterocycles. The van der Waals surface area contributed by atoms with Crippen LogP contribution in [0.4, 0.5) is 5.69 Å². The summed E-state index contributed by atoms with van der Waals surface area (Å²) in [6, 6.07) is 7.17. The van der Waals surface area contributed by atoms with Crippen LogP contribution in [0.25, 0.3) is 0 Å². The van der Waals surface area contributed by atoms with Gasteiger partial charge in [-0.2, -0.15) is 0 Å². The summed E-state index contributed by atoms with van der Waals surface area (Å²) in [6.07, 6.45) is 3.09. The van der Waals surface area contributed by atoms with E-state index in [0.29, 0.717) is 12.0 Å². The van der Waals surface area contributed by atoms with Gasteiger partial charge in [0.05, 0.1) is 6.10 Å². The maximum Gasteiger partial charge on any atom is 0.0827 e. The summed E-state index contributed by atoms with van der Waals surface area (Å²) >= 11 is 0. The fourth-order valence-corrected chi connectivity index (χ4v) is 4.10. The van der Waals surface area contributed by atoms with Gasteiger partial charge in [0, 0.05) is 29.8 Å². The highest BCUT2D eigenvalue weighted by Gasteiger charge is 2.42. The molecule has 0 radical (unpaired) electrons. The van der Waals surface area contributed by atoms with E-state index in [9.17, 15) is 5.11 Å². The van der Waals surface area contributed by atoms with Crippen molar-refractivity contribution in [2.45, 2.75) is 37.3 Å². The lowest BCUT2D eigenvalue weighted by Crippen LogP contribution is -2.38. The lowest BCUT2D eigenvalue weighted by atomic mass is 9.90. The number of aliphatic hydroxyl groups is 1. The molecule has 96 valence electrons. The molecule has 3 heterocycles. The third-order valence-corrected chi connectivity index (χ3v) is 4.90. The molecule has 3 heteroatoms. The van der Waals surface area contributed by atoms with Gasteiger partial charge in [-0.05, 0) is 37.9 Å². The minimum Gasteiger partial charge on any atom is -0.388 e. The molecule has 1 aromatic rings. The first-order valence-corrected chi connectivity index (χ1v) is 7.14. The van der Waals surface area contributed by atoms with Gasteiger partial charge in [-0.15, -0.1) is 0 Å². The van der Waals surface area contributed by atoms with E-state index >= 15 is 0 Å². The van der Waals surface area contributed by atoms with Crippen molar-refractivity contribution in [1.82, 2.24) is 5.32 Å². The maximum atomic E-state index is 10.2. The lowest BCUT2D eigenvalue weighted by molar-refractivity contribution is 0.163. The number of para-hydroxylation sites is 1. The third kappa shape index (κ3) is 1.38. The normalized spacial score (nSPS) is 33.8. The SMILES string of the molecule is OC1CCN2c3c1cccc3C1CCNCCC12. The lowest BCUT2D eigenvalue weighted by Gasteiger charge is -2.35. The van der Waals surface area contributed by atoms with E-state index in [0.717, 1.165) is 26.1 Å². The quantitative estimate of drug-likeness (QED) is 0.730. The minimum absolute atomic E-state index is 0.253. The molecule has 4 rings (SSSR count). The van der Waals surface area contributed by atoms with Crippen molar-refractivity contribution in [2.24, 2.45) is 0 Å². The second-order valence-electron chi connectivity index (χ2n) is 5.78. The van der Waals surface area contributed by atoms with Gasteiger partial charge >= 0.3 is 0 Å². The molecule has 18 heavy (non-hydrogen) atoms. The summed E-state index contributed by atoms with van der Waals surface area (Å²) in [4.78, 5) is 2.58. The van der Waals surface area contributed by atoms with Crippen LogP contribution in [0.1, 0.15) is 42.4 Å². The van der Waals surface area contributed by atoms with E-state index in [4.69, 9.17) is 0 Å². The zero-order chi connectivity index (χ0) is 12.1. The number of nitrogens with one attached hydrogen (secondary N) is 1. The Labute approximate surface area is 108 Å². The summed E-state index contributed by atoms with van der Waals surface area (Å²) in [5.41, 5.74) is 4.02. The van der Waals surface area contributed by atoms with Crippen LogP contribution in [0.2, 0.25) is 0 Å². The first-order chi connectivity index (χ1) is 8.86. The van der Waals surface area contributed by atoms with Gasteiger partial charge in [0.15, 0.2) is 0 Å². The highest BCUT2D eigenvalue weighted by atomic mass is 16.3. The second kappa shape index (κ2) is 3.97. The van der Waals surface area contributed by atoms with Gasteiger partial charge in [0.1, 0.15) is 0 Å². The number of anilines is 1. The number of hydrogen-bond donors (Lipinski definition) is 2. The number of rotatable bonds is 0. The number of fused-ring (bicyclic) bond motifs is 3. The fourth-order valence-electron chi connectivity index (χ4n) is 4.10. The monoisotopic (exact) mass is 244 g/mol. The van der Waals surface area contributed by atoms with Gasteiger partial charge < -0.3 is 15.3 Å². The molecule has 0 bridgehead atoms. The van der Waals surface area contributed by atoms with E-state index < -0.39 is 0 Å². The number of hydrogen-bond acceptors (Lipinski definition) is 3. The largest absolute Gasteiger partial charge is 0.388 e. The molecular weight excluding hydrogens is 224 g/mol. The van der Waals surface area contributed by atoms with Crippen LogP contribution in [0.15, 0.2) is 18.2 Å². The Kier molecular flexibility index (Phi) is 2.39. The van der Waals surface area contributed by atoms with Gasteiger partial charge in [-0.1, -0.05) is 18.2 Å². The molecule has 3 atom stereocenters. The van der Waals surface area contributed by atoms with Crippen molar-refractivity contribution < 1.29 is 5.11 Å². The van der Waals surface area contributed by atoms with Crippen LogP contribution in [0, 0.1) is 0 Å². The molecule has 3 aliphatic rings. The molecule has 2 N–H and O–H groups in total. The predicted octanol–water partition coefficient (Wildman–Crippen LogP) is 1.78. The van der Waals surface area contributed by atoms with Crippen molar-refractivity contribution in [1.29, 1.82) is 0 Å². The zero-order valence-electron chi connectivity index (χ0n) is 10.6. The molecule has 1 aromatic carbocycles. The van der Waals surface area contributed by atoms with Crippen molar-refractivity contribution >= 4 is 5.69 Å². The summed E-state index contributed by atoms with van der Waals surface area (Å²) in [7, 11) is 0. The Morgan fingerprint density at radius 2 is 1.94 bits per heavy atom. The molecular formula is C15H20N2O. The Bertz CT molecular complexity index is 474. The highest BCUT2D eigenvalue weighted by molar-refractivity contribution is 5.68. The second-order valence-corrected chi connectivity index (χ2v) is 5.78. The molecule has 0 saturated carbocycles. The van der Waals surface area contributed by atoms with Crippen LogP contribution in [-0.2, 0) is 0 Å². The molecule has 3 nitrogen and oxygen atoms in total. The molecule has 3 unspecified atom stereocenters. The fraction of sp³-hybridized carbons (Fsp3) is 0.600. The smallest absolute Gasteiger partial charge is 0.0827 e. The molecule has 0 amide bonds. The summed E-state index contributed by atoms with van der Waals surface area (Å²) in [6.45, 7) is 3.27. The Morgan fingerprint density at radius 3 is 2.89 bits per heavy atom. The standard InChI is InChI=1S/C15H20N2O/c18-14-6-9-17-13-5-8-16-7-4-10(13)11-2-1-3-12(14)15(11)17/h1-3,10,13-14,16,18H,4-9H2. The highest BCUT2D eigenvalue weighted by Crippen LogP contribution is 2.50. The van der Waals surface area contributed by atoms with Crippen LogP contribution < -0.4 is 10.2 Å². The minimum atomic E-state index is -0.253. The number of benzene rings is 1. The third-order valence-electron chi connectivity index (χ3n) is 4.90. The maximum absolute atomic E-state index is 10.2. The van der Waals surface area contributed by atoms with E-state index in [-0.39, 0.29) is 6.10 Å². The van der Waals surface area contributed by atoms with Crippen molar-refractivity contribution in [2.75, 3.05) is 24.5 Å². The summed E-state index contributed by atoms with van der Waals surface area (Å²) in [5.74, 6) is 0.667. The first kappa shape index (κ1) is 10.8. The molecule has 3 aliphatic heterocycles. The van der Waals surface area contributed by atoms with E-state index in [1.165, 1.54) is 29.7 Å². The Hall–Kier alpha value is -1.06. The molecule has 0 aromatic heterocycles. The number of nitrogens with zero attached hydrogens (tertiary/aromatic N) is 1. The van der Waals surface area contributed by atoms with Crippen LogP contribution in [-0.4, -0.2) is 30.8 Å². The summed E-state index contributed by atoms with van der Waals surface area (Å²) in [5, 5.41) is 13.7. The van der Waals surface area contributed by atoms with Crippen molar-refractivity contribution in [3.05, 3.63) is 29.3 Å². The van der Waals surface area contributed by atoms with Crippen LogP contribution >= 0.6 is 0 Å². The summed E-state index contributed by atoms with van der Waals surface area (Å²) < 4.78 is 0. The van der Waals surface area contributed by atoms with E-state index in [1.807, 2.05) is 0 Å². The van der Waals surface area contributed by atoms with Crippen molar-refractivity contribution in [3.8, 4) is 0 Å². The first-order valence-electron chi connectivity index (χ1n) is 7.14. The van der Waals surface area contributed by atoms with E-state index in [2.05, 4.69) is 28.4 Å². The average molecular weight is 244 g/mol.